The van der Waals surface area contributed by atoms with Gasteiger partial charge >= 0.3 is 0 Å². The Labute approximate surface area is 133 Å². The van der Waals surface area contributed by atoms with Crippen LogP contribution in [-0.4, -0.2) is 36.1 Å². The van der Waals surface area contributed by atoms with Gasteiger partial charge < -0.3 is 5.32 Å². The first-order chi connectivity index (χ1) is 10.2. The number of rotatable bonds is 11. The molecule has 0 aromatic carbocycles. The summed E-state index contributed by atoms with van der Waals surface area (Å²) in [5.74, 6) is 0. The van der Waals surface area contributed by atoms with Crippen molar-refractivity contribution >= 4 is 0 Å². The van der Waals surface area contributed by atoms with Crippen LogP contribution in [0.4, 0.5) is 0 Å². The van der Waals surface area contributed by atoms with Crippen molar-refractivity contribution in [1.29, 1.82) is 0 Å². The van der Waals surface area contributed by atoms with E-state index >= 15 is 0 Å². The zero-order valence-electron chi connectivity index (χ0n) is 14.8. The average molecular weight is 295 g/mol. The molecule has 2 atom stereocenters. The van der Waals surface area contributed by atoms with Crippen LogP contribution >= 0.6 is 0 Å². The summed E-state index contributed by atoms with van der Waals surface area (Å²) in [7, 11) is 0. The number of piperidine rings is 1. The maximum Gasteiger partial charge on any atom is 0.0331 e. The highest BCUT2D eigenvalue weighted by molar-refractivity contribution is 4.97. The second-order valence-corrected chi connectivity index (χ2v) is 6.80. The van der Waals surface area contributed by atoms with Crippen LogP contribution in [0, 0.1) is 0 Å². The lowest BCUT2D eigenvalue weighted by Crippen LogP contribution is -2.60. The summed E-state index contributed by atoms with van der Waals surface area (Å²) in [5, 5.41) is 3.80. The van der Waals surface area contributed by atoms with E-state index in [4.69, 9.17) is 0 Å². The molecular formula is C19H38N2. The summed E-state index contributed by atoms with van der Waals surface area (Å²) in [5.41, 5.74) is 0.328. The van der Waals surface area contributed by atoms with E-state index in [1.807, 2.05) is 6.08 Å². The van der Waals surface area contributed by atoms with Gasteiger partial charge in [-0.15, -0.1) is 6.58 Å². The molecule has 1 aliphatic rings. The van der Waals surface area contributed by atoms with E-state index in [2.05, 4.69) is 37.6 Å². The number of hydrogen-bond donors (Lipinski definition) is 1. The van der Waals surface area contributed by atoms with E-state index < -0.39 is 0 Å². The van der Waals surface area contributed by atoms with Gasteiger partial charge in [-0.3, -0.25) is 4.90 Å². The molecule has 2 nitrogen and oxygen atoms in total. The minimum atomic E-state index is 0.328. The number of allylic oxidation sites excluding steroid dienone is 1. The maximum atomic E-state index is 3.82. The largest absolute Gasteiger partial charge is 0.312 e. The molecule has 1 fully saturated rings. The molecule has 0 spiro atoms. The highest BCUT2D eigenvalue weighted by Crippen LogP contribution is 2.30. The zero-order chi connectivity index (χ0) is 15.6. The number of unbranched alkanes of at least 4 members (excludes halogenated alkanes) is 3. The standard InChI is InChI=1S/C19H38N2/c1-5-8-9-10-12-15-18(20-7-3)19(4,6-2)21-16-13-11-14-17-21/h5,18,20H,1,6-17H2,2-4H3. The summed E-state index contributed by atoms with van der Waals surface area (Å²) in [6.45, 7) is 14.6. The molecule has 2 unspecified atom stereocenters. The first-order valence-electron chi connectivity index (χ1n) is 9.28. The first kappa shape index (κ1) is 18.7. The van der Waals surface area contributed by atoms with Crippen LogP contribution < -0.4 is 5.32 Å². The average Bonchev–Trinajstić information content (AvgIpc) is 2.53. The lowest BCUT2D eigenvalue weighted by molar-refractivity contribution is 0.0399. The monoisotopic (exact) mass is 294 g/mol. The fourth-order valence-electron chi connectivity index (χ4n) is 3.79. The van der Waals surface area contributed by atoms with Crippen LogP contribution in [0.5, 0.6) is 0 Å². The summed E-state index contributed by atoms with van der Waals surface area (Å²) in [4.78, 5) is 2.77. The van der Waals surface area contributed by atoms with Crippen LogP contribution in [-0.2, 0) is 0 Å². The van der Waals surface area contributed by atoms with Crippen molar-refractivity contribution in [2.75, 3.05) is 19.6 Å². The van der Waals surface area contributed by atoms with E-state index in [0.717, 1.165) is 6.54 Å². The van der Waals surface area contributed by atoms with Crippen molar-refractivity contribution in [3.05, 3.63) is 12.7 Å². The van der Waals surface area contributed by atoms with Crippen LogP contribution in [0.3, 0.4) is 0 Å². The highest BCUT2D eigenvalue weighted by Gasteiger charge is 2.37. The molecule has 124 valence electrons. The van der Waals surface area contributed by atoms with Crippen molar-refractivity contribution in [3.8, 4) is 0 Å². The SMILES string of the molecule is C=CCCCCCC(NCC)C(C)(CC)N1CCCCC1. The summed E-state index contributed by atoms with van der Waals surface area (Å²) in [6.07, 6.45) is 13.9. The van der Waals surface area contributed by atoms with Gasteiger partial charge in [0.15, 0.2) is 0 Å². The predicted molar refractivity (Wildman–Crippen MR) is 94.9 cm³/mol. The first-order valence-corrected chi connectivity index (χ1v) is 9.28. The number of likely N-dealkylation sites (tertiary alicyclic amines) is 1. The van der Waals surface area contributed by atoms with E-state index in [9.17, 15) is 0 Å². The van der Waals surface area contributed by atoms with E-state index in [1.54, 1.807) is 0 Å². The molecule has 1 heterocycles. The second-order valence-electron chi connectivity index (χ2n) is 6.80. The molecule has 0 aromatic heterocycles. The van der Waals surface area contributed by atoms with Crippen LogP contribution in [0.1, 0.15) is 78.6 Å². The molecule has 0 saturated carbocycles. The fraction of sp³-hybridized carbons (Fsp3) is 0.895. The molecule has 2 heteroatoms. The molecule has 1 aliphatic heterocycles. The summed E-state index contributed by atoms with van der Waals surface area (Å²) >= 11 is 0. The minimum Gasteiger partial charge on any atom is -0.312 e. The van der Waals surface area contributed by atoms with Gasteiger partial charge in [-0.2, -0.15) is 0 Å². The molecule has 0 aromatic rings. The van der Waals surface area contributed by atoms with Gasteiger partial charge in [0.05, 0.1) is 0 Å². The van der Waals surface area contributed by atoms with Gasteiger partial charge in [0, 0.05) is 11.6 Å². The lowest BCUT2D eigenvalue weighted by atomic mass is 9.82. The third-order valence-corrected chi connectivity index (χ3v) is 5.40. The molecule has 0 amide bonds. The summed E-state index contributed by atoms with van der Waals surface area (Å²) < 4.78 is 0. The van der Waals surface area contributed by atoms with Gasteiger partial charge in [0.25, 0.3) is 0 Å². The Morgan fingerprint density at radius 3 is 2.43 bits per heavy atom. The zero-order valence-corrected chi connectivity index (χ0v) is 14.8. The Kier molecular flexibility index (Phi) is 9.26. The van der Waals surface area contributed by atoms with Crippen molar-refractivity contribution in [2.24, 2.45) is 0 Å². The molecular weight excluding hydrogens is 256 g/mol. The van der Waals surface area contributed by atoms with E-state index in [1.165, 1.54) is 70.9 Å². The van der Waals surface area contributed by atoms with Gasteiger partial charge in [-0.25, -0.2) is 0 Å². The van der Waals surface area contributed by atoms with Crippen molar-refractivity contribution in [1.82, 2.24) is 10.2 Å². The number of likely N-dealkylation sites (N-methyl/N-ethyl adjacent to an activating group) is 1. The van der Waals surface area contributed by atoms with Crippen LogP contribution in [0.25, 0.3) is 0 Å². The lowest BCUT2D eigenvalue weighted by Gasteiger charge is -2.48. The summed E-state index contributed by atoms with van der Waals surface area (Å²) in [6, 6.07) is 0.634. The number of nitrogens with one attached hydrogen (secondary N) is 1. The Morgan fingerprint density at radius 1 is 1.14 bits per heavy atom. The van der Waals surface area contributed by atoms with Gasteiger partial charge in [0.1, 0.15) is 0 Å². The Hall–Kier alpha value is -0.340. The van der Waals surface area contributed by atoms with Crippen molar-refractivity contribution in [3.63, 3.8) is 0 Å². The predicted octanol–water partition coefficient (Wildman–Crippen LogP) is 4.76. The highest BCUT2D eigenvalue weighted by atomic mass is 15.2. The molecule has 1 N–H and O–H groups in total. The van der Waals surface area contributed by atoms with Crippen LogP contribution in [0.2, 0.25) is 0 Å². The maximum absolute atomic E-state index is 3.82. The van der Waals surface area contributed by atoms with Gasteiger partial charge in [-0.05, 0) is 65.1 Å². The molecule has 21 heavy (non-hydrogen) atoms. The Morgan fingerprint density at radius 2 is 1.86 bits per heavy atom. The Balaban J connectivity index is 2.57. The number of nitrogens with zero attached hydrogens (tertiary/aromatic N) is 1. The van der Waals surface area contributed by atoms with Crippen molar-refractivity contribution < 1.29 is 0 Å². The molecule has 0 aliphatic carbocycles. The number of hydrogen-bond acceptors (Lipinski definition) is 2. The quantitative estimate of drug-likeness (QED) is 0.437. The third kappa shape index (κ3) is 5.75. The topological polar surface area (TPSA) is 15.3 Å². The molecule has 0 bridgehead atoms. The third-order valence-electron chi connectivity index (χ3n) is 5.40. The minimum absolute atomic E-state index is 0.328. The fourth-order valence-corrected chi connectivity index (χ4v) is 3.79. The molecule has 1 rings (SSSR count). The van der Waals surface area contributed by atoms with Crippen LogP contribution in [0.15, 0.2) is 12.7 Å². The van der Waals surface area contributed by atoms with Gasteiger partial charge in [-0.1, -0.05) is 39.2 Å². The van der Waals surface area contributed by atoms with Gasteiger partial charge in [0.2, 0.25) is 0 Å². The Bertz CT molecular complexity index is 271. The van der Waals surface area contributed by atoms with E-state index in [0.29, 0.717) is 11.6 Å². The smallest absolute Gasteiger partial charge is 0.0331 e. The second kappa shape index (κ2) is 10.4. The van der Waals surface area contributed by atoms with E-state index in [-0.39, 0.29) is 0 Å². The normalized spacial score (nSPS) is 20.9. The molecule has 1 saturated heterocycles. The molecule has 0 radical (unpaired) electrons. The van der Waals surface area contributed by atoms with Crippen molar-refractivity contribution in [2.45, 2.75) is 90.1 Å².